The van der Waals surface area contributed by atoms with Gasteiger partial charge in [-0.05, 0) is 40.5 Å². The Hall–Kier alpha value is -3.35. The largest absolute Gasteiger partial charge is 0.480 e. The second kappa shape index (κ2) is 11.2. The van der Waals surface area contributed by atoms with Crippen molar-refractivity contribution < 1.29 is 24.2 Å². The predicted molar refractivity (Wildman–Crippen MR) is 130 cm³/mol. The topological polar surface area (TPSA) is 105 Å². The molecule has 34 heavy (non-hydrogen) atoms. The van der Waals surface area contributed by atoms with Crippen LogP contribution in [-0.4, -0.2) is 42.3 Å². The summed E-state index contributed by atoms with van der Waals surface area (Å²) in [6, 6.07) is 15.2. The van der Waals surface area contributed by atoms with Gasteiger partial charge < -0.3 is 20.5 Å². The first-order chi connectivity index (χ1) is 16.2. The summed E-state index contributed by atoms with van der Waals surface area (Å²) in [7, 11) is 0. The van der Waals surface area contributed by atoms with Crippen molar-refractivity contribution in [3.63, 3.8) is 0 Å². The van der Waals surface area contributed by atoms with Crippen molar-refractivity contribution >= 4 is 18.0 Å². The van der Waals surface area contributed by atoms with Gasteiger partial charge in [0.15, 0.2) is 0 Å². The molecular weight excluding hydrogens is 432 g/mol. The highest BCUT2D eigenvalue weighted by molar-refractivity contribution is 5.85. The van der Waals surface area contributed by atoms with Crippen molar-refractivity contribution in [2.45, 2.75) is 46.1 Å². The standard InChI is InChI=1S/C27H34N2O5/c1-16(2)13-18(25(30)29-24(17(3)4)26(31)32)14-28-27(33)34-15-23-21-11-7-5-9-19(21)20-10-6-8-12-22(20)23/h5-12,16-18,23-24H,13-15H2,1-4H3,(H,28,33)(H,29,30)(H,31,32)/t18?,24-/m0/s1. The smallest absolute Gasteiger partial charge is 0.407 e. The maximum Gasteiger partial charge on any atom is 0.407 e. The number of carbonyl (C=O) groups is 3. The van der Waals surface area contributed by atoms with E-state index in [0.29, 0.717) is 6.42 Å². The summed E-state index contributed by atoms with van der Waals surface area (Å²) < 4.78 is 5.56. The van der Waals surface area contributed by atoms with E-state index in [9.17, 15) is 19.5 Å². The molecule has 0 saturated carbocycles. The zero-order chi connectivity index (χ0) is 24.8. The molecule has 1 aliphatic rings. The first-order valence-corrected chi connectivity index (χ1v) is 11.8. The normalized spacial score (nSPS) is 14.3. The summed E-state index contributed by atoms with van der Waals surface area (Å²) in [5, 5.41) is 14.7. The third-order valence-electron chi connectivity index (χ3n) is 6.19. The summed E-state index contributed by atoms with van der Waals surface area (Å²) in [6.07, 6.45) is -0.0815. The molecule has 0 radical (unpaired) electrons. The molecule has 0 aromatic heterocycles. The van der Waals surface area contributed by atoms with Crippen LogP contribution in [-0.2, 0) is 14.3 Å². The van der Waals surface area contributed by atoms with Gasteiger partial charge in [-0.25, -0.2) is 9.59 Å². The third kappa shape index (κ3) is 5.95. The molecule has 0 bridgehead atoms. The summed E-state index contributed by atoms with van der Waals surface area (Å²) in [6.45, 7) is 7.70. The summed E-state index contributed by atoms with van der Waals surface area (Å²) in [5.41, 5.74) is 4.56. The lowest BCUT2D eigenvalue weighted by Gasteiger charge is -2.24. The zero-order valence-corrected chi connectivity index (χ0v) is 20.2. The zero-order valence-electron chi connectivity index (χ0n) is 20.2. The van der Waals surface area contributed by atoms with Crippen LogP contribution in [0.2, 0.25) is 0 Å². The number of nitrogens with one attached hydrogen (secondary N) is 2. The van der Waals surface area contributed by atoms with E-state index in [1.54, 1.807) is 13.8 Å². The predicted octanol–water partition coefficient (Wildman–Crippen LogP) is 4.41. The number of hydrogen-bond acceptors (Lipinski definition) is 4. The number of alkyl carbamates (subject to hydrolysis) is 1. The monoisotopic (exact) mass is 466 g/mol. The lowest BCUT2D eigenvalue weighted by Crippen LogP contribution is -2.49. The molecule has 7 heteroatoms. The van der Waals surface area contributed by atoms with Crippen LogP contribution in [0.1, 0.15) is 51.2 Å². The fraction of sp³-hybridized carbons (Fsp3) is 0.444. The van der Waals surface area contributed by atoms with Gasteiger partial charge in [-0.15, -0.1) is 0 Å². The van der Waals surface area contributed by atoms with Gasteiger partial charge in [0.05, 0.1) is 5.92 Å². The second-order valence-corrected chi connectivity index (χ2v) is 9.60. The molecule has 7 nitrogen and oxygen atoms in total. The highest BCUT2D eigenvalue weighted by Gasteiger charge is 2.30. The third-order valence-corrected chi connectivity index (χ3v) is 6.19. The van der Waals surface area contributed by atoms with Gasteiger partial charge in [-0.1, -0.05) is 76.2 Å². The molecule has 2 aromatic rings. The van der Waals surface area contributed by atoms with Gasteiger partial charge in [0.1, 0.15) is 12.6 Å². The van der Waals surface area contributed by atoms with E-state index < -0.39 is 24.0 Å². The molecule has 0 fully saturated rings. The van der Waals surface area contributed by atoms with Crippen LogP contribution in [0.4, 0.5) is 4.79 Å². The van der Waals surface area contributed by atoms with Crippen molar-refractivity contribution in [1.82, 2.24) is 10.6 Å². The summed E-state index contributed by atoms with van der Waals surface area (Å²) in [5.74, 6) is -2.11. The first-order valence-electron chi connectivity index (χ1n) is 11.8. The lowest BCUT2D eigenvalue weighted by atomic mass is 9.95. The highest BCUT2D eigenvalue weighted by atomic mass is 16.5. The second-order valence-electron chi connectivity index (χ2n) is 9.60. The van der Waals surface area contributed by atoms with Gasteiger partial charge >= 0.3 is 12.1 Å². The highest BCUT2D eigenvalue weighted by Crippen LogP contribution is 2.44. The van der Waals surface area contributed by atoms with E-state index in [1.165, 1.54) is 0 Å². The van der Waals surface area contributed by atoms with Crippen LogP contribution in [0.15, 0.2) is 48.5 Å². The van der Waals surface area contributed by atoms with Crippen LogP contribution in [0.5, 0.6) is 0 Å². The maximum absolute atomic E-state index is 12.8. The molecule has 0 aliphatic heterocycles. The van der Waals surface area contributed by atoms with E-state index in [-0.39, 0.29) is 36.8 Å². The maximum atomic E-state index is 12.8. The fourth-order valence-electron chi connectivity index (χ4n) is 4.49. The Labute approximate surface area is 200 Å². The van der Waals surface area contributed by atoms with Crippen LogP contribution in [0.25, 0.3) is 11.1 Å². The Morgan fingerprint density at radius 3 is 2.00 bits per heavy atom. The molecule has 1 unspecified atom stereocenters. The Balaban J connectivity index is 1.60. The number of carbonyl (C=O) groups excluding carboxylic acids is 2. The quantitative estimate of drug-likeness (QED) is 0.481. The van der Waals surface area contributed by atoms with Crippen LogP contribution in [0, 0.1) is 17.8 Å². The van der Waals surface area contributed by atoms with E-state index in [2.05, 4.69) is 34.9 Å². The van der Waals surface area contributed by atoms with E-state index in [4.69, 9.17) is 4.74 Å². The number of fused-ring (bicyclic) bond motifs is 3. The molecule has 3 N–H and O–H groups in total. The molecule has 0 spiro atoms. The van der Waals surface area contributed by atoms with Crippen molar-refractivity contribution in [2.24, 2.45) is 17.8 Å². The van der Waals surface area contributed by atoms with Crippen molar-refractivity contribution in [2.75, 3.05) is 13.2 Å². The number of amides is 2. The van der Waals surface area contributed by atoms with Crippen LogP contribution >= 0.6 is 0 Å². The van der Waals surface area contributed by atoms with Gasteiger partial charge in [0, 0.05) is 12.5 Å². The molecule has 3 rings (SSSR count). The number of aliphatic carboxylic acids is 1. The lowest BCUT2D eigenvalue weighted by molar-refractivity contribution is -0.143. The minimum Gasteiger partial charge on any atom is -0.480 e. The molecule has 0 heterocycles. The Morgan fingerprint density at radius 1 is 0.941 bits per heavy atom. The van der Waals surface area contributed by atoms with Crippen molar-refractivity contribution in [3.05, 3.63) is 59.7 Å². The van der Waals surface area contributed by atoms with Gasteiger partial charge in [-0.3, -0.25) is 4.79 Å². The molecule has 2 amide bonds. The van der Waals surface area contributed by atoms with E-state index in [1.807, 2.05) is 38.1 Å². The number of benzene rings is 2. The first kappa shape index (κ1) is 25.3. The Morgan fingerprint density at radius 2 is 1.50 bits per heavy atom. The molecule has 2 atom stereocenters. The Kier molecular flexibility index (Phi) is 8.31. The van der Waals surface area contributed by atoms with Gasteiger partial charge in [0.25, 0.3) is 0 Å². The Bertz CT molecular complexity index is 988. The number of ether oxygens (including phenoxy) is 1. The molecule has 0 saturated heterocycles. The van der Waals surface area contributed by atoms with Crippen molar-refractivity contribution in [3.8, 4) is 11.1 Å². The number of hydrogen-bond donors (Lipinski definition) is 3. The average molecular weight is 467 g/mol. The fourth-order valence-corrected chi connectivity index (χ4v) is 4.49. The number of rotatable bonds is 10. The SMILES string of the molecule is CC(C)CC(CNC(=O)OCC1c2ccccc2-c2ccccc21)C(=O)N[C@H](C(=O)O)C(C)C. The minimum absolute atomic E-state index is 0.0460. The van der Waals surface area contributed by atoms with Gasteiger partial charge in [0.2, 0.25) is 5.91 Å². The summed E-state index contributed by atoms with van der Waals surface area (Å²) in [4.78, 5) is 36.8. The van der Waals surface area contributed by atoms with Gasteiger partial charge in [-0.2, -0.15) is 0 Å². The summed E-state index contributed by atoms with van der Waals surface area (Å²) >= 11 is 0. The van der Waals surface area contributed by atoms with Crippen LogP contribution in [0.3, 0.4) is 0 Å². The van der Waals surface area contributed by atoms with Crippen molar-refractivity contribution in [1.29, 1.82) is 0 Å². The number of carboxylic acids is 1. The molecule has 182 valence electrons. The number of carboxylic acid groups (broad SMARTS) is 1. The van der Waals surface area contributed by atoms with Crippen LogP contribution < -0.4 is 10.6 Å². The van der Waals surface area contributed by atoms with E-state index >= 15 is 0 Å². The average Bonchev–Trinajstić information content (AvgIpc) is 3.11. The molecular formula is C27H34N2O5. The minimum atomic E-state index is -1.07. The molecule has 2 aromatic carbocycles. The molecule has 1 aliphatic carbocycles. The van der Waals surface area contributed by atoms with E-state index in [0.717, 1.165) is 22.3 Å².